The summed E-state index contributed by atoms with van der Waals surface area (Å²) in [6.07, 6.45) is 0. The van der Waals surface area contributed by atoms with E-state index < -0.39 is 7.80 Å². The van der Waals surface area contributed by atoms with E-state index in [1.807, 2.05) is 32.0 Å². The van der Waals surface area contributed by atoms with Crippen LogP contribution >= 0.6 is 7.80 Å². The topological polar surface area (TPSA) is 17.1 Å². The Labute approximate surface area is 87.3 Å². The van der Waals surface area contributed by atoms with Crippen LogP contribution < -0.4 is 5.30 Å². The van der Waals surface area contributed by atoms with Gasteiger partial charge in [-0.2, -0.15) is 0 Å². The molecule has 14 heavy (non-hydrogen) atoms. The highest BCUT2D eigenvalue weighted by atomic mass is 31.1. The molecule has 0 aliphatic heterocycles. The minimum atomic E-state index is -1.61. The molecular formula is C12H19OP. The maximum atomic E-state index is 12.1. The molecule has 0 aromatic heterocycles. The van der Waals surface area contributed by atoms with Crippen molar-refractivity contribution in [2.75, 3.05) is 0 Å². The summed E-state index contributed by atoms with van der Waals surface area (Å²) < 4.78 is 12.1. The molecule has 0 aliphatic carbocycles. The Hall–Kier alpha value is -0.550. The Balaban J connectivity index is 3.13. The molecule has 0 saturated heterocycles. The van der Waals surface area contributed by atoms with Crippen molar-refractivity contribution in [2.45, 2.75) is 39.3 Å². The van der Waals surface area contributed by atoms with Crippen LogP contribution in [0.15, 0.2) is 24.3 Å². The van der Waals surface area contributed by atoms with E-state index in [0.717, 1.165) is 5.30 Å². The van der Waals surface area contributed by atoms with Crippen LogP contribution in [-0.2, 0) is 4.57 Å². The highest BCUT2D eigenvalue weighted by Gasteiger charge is 2.13. The highest BCUT2D eigenvalue weighted by Crippen LogP contribution is 2.30. The molecule has 1 nitrogen and oxygen atoms in total. The van der Waals surface area contributed by atoms with Crippen LogP contribution in [0.3, 0.4) is 0 Å². The Morgan fingerprint density at radius 2 is 1.64 bits per heavy atom. The van der Waals surface area contributed by atoms with E-state index >= 15 is 0 Å². The molecule has 0 fully saturated rings. The predicted octanol–water partition coefficient (Wildman–Crippen LogP) is 3.40. The van der Waals surface area contributed by atoms with Gasteiger partial charge in [-0.25, -0.2) is 0 Å². The van der Waals surface area contributed by atoms with E-state index in [1.54, 1.807) is 0 Å². The Kier molecular flexibility index (Phi) is 3.95. The van der Waals surface area contributed by atoms with Gasteiger partial charge in [-0.05, 0) is 11.5 Å². The van der Waals surface area contributed by atoms with Gasteiger partial charge in [0.25, 0.3) is 0 Å². The largest absolute Gasteiger partial charge is 0.322 e. The standard InChI is InChI=1S/C12H19OP/c1-9(2)11-7-5-6-8-12(11)14(13)10(3)4/h5-10,14H,1-4H3. The molecule has 0 radical (unpaired) electrons. The van der Waals surface area contributed by atoms with Gasteiger partial charge in [0.2, 0.25) is 0 Å². The van der Waals surface area contributed by atoms with Crippen LogP contribution in [0.5, 0.6) is 0 Å². The maximum Gasteiger partial charge on any atom is 0.106 e. The third-order valence-electron chi connectivity index (χ3n) is 2.37. The van der Waals surface area contributed by atoms with E-state index in [-0.39, 0.29) is 5.66 Å². The highest BCUT2D eigenvalue weighted by molar-refractivity contribution is 7.54. The van der Waals surface area contributed by atoms with Crippen molar-refractivity contribution in [1.82, 2.24) is 0 Å². The van der Waals surface area contributed by atoms with Gasteiger partial charge in [0.15, 0.2) is 0 Å². The molecular weight excluding hydrogens is 191 g/mol. The first-order valence-corrected chi connectivity index (χ1v) is 6.65. The van der Waals surface area contributed by atoms with Crippen LogP contribution in [0.25, 0.3) is 0 Å². The molecule has 0 aliphatic rings. The SMILES string of the molecule is CC(C)c1ccccc1[PH](=O)C(C)C. The zero-order valence-corrected chi connectivity index (χ0v) is 10.4. The molecule has 1 atom stereocenters. The van der Waals surface area contributed by atoms with Crippen molar-refractivity contribution in [3.8, 4) is 0 Å². The fourth-order valence-corrected chi connectivity index (χ4v) is 3.07. The minimum Gasteiger partial charge on any atom is -0.322 e. The second-order valence-corrected chi connectivity index (χ2v) is 6.68. The molecule has 0 saturated carbocycles. The van der Waals surface area contributed by atoms with E-state index in [4.69, 9.17) is 0 Å². The van der Waals surface area contributed by atoms with Gasteiger partial charge in [0.05, 0.1) is 0 Å². The van der Waals surface area contributed by atoms with Gasteiger partial charge in [-0.1, -0.05) is 52.0 Å². The lowest BCUT2D eigenvalue weighted by atomic mass is 10.0. The second kappa shape index (κ2) is 4.79. The summed E-state index contributed by atoms with van der Waals surface area (Å²) in [5.74, 6) is 0.457. The van der Waals surface area contributed by atoms with E-state index in [1.165, 1.54) is 5.56 Å². The lowest BCUT2D eigenvalue weighted by Gasteiger charge is -2.14. The third-order valence-corrected chi connectivity index (χ3v) is 4.41. The molecule has 1 aromatic carbocycles. The van der Waals surface area contributed by atoms with Crippen LogP contribution in [0.2, 0.25) is 0 Å². The summed E-state index contributed by atoms with van der Waals surface area (Å²) >= 11 is 0. The summed E-state index contributed by atoms with van der Waals surface area (Å²) in [4.78, 5) is 0. The summed E-state index contributed by atoms with van der Waals surface area (Å²) in [5, 5.41) is 1.07. The molecule has 1 rings (SSSR count). The van der Waals surface area contributed by atoms with Crippen LogP contribution in [0.4, 0.5) is 0 Å². The summed E-state index contributed by atoms with van der Waals surface area (Å²) in [7, 11) is -1.61. The number of hydrogen-bond acceptors (Lipinski definition) is 1. The third kappa shape index (κ3) is 2.48. The van der Waals surface area contributed by atoms with E-state index in [0.29, 0.717) is 5.92 Å². The molecule has 1 aromatic rings. The number of benzene rings is 1. The average Bonchev–Trinajstić information content (AvgIpc) is 2.16. The van der Waals surface area contributed by atoms with Gasteiger partial charge in [0, 0.05) is 11.0 Å². The number of rotatable bonds is 3. The molecule has 1 unspecified atom stereocenters. The van der Waals surface area contributed by atoms with E-state index in [9.17, 15) is 4.57 Å². The maximum absolute atomic E-state index is 12.1. The summed E-state index contributed by atoms with van der Waals surface area (Å²) in [6, 6.07) is 8.10. The first-order valence-electron chi connectivity index (χ1n) is 5.17. The lowest BCUT2D eigenvalue weighted by molar-refractivity contribution is 0.588. The van der Waals surface area contributed by atoms with Crippen LogP contribution in [-0.4, -0.2) is 5.66 Å². The summed E-state index contributed by atoms with van der Waals surface area (Å²) in [5.41, 5.74) is 1.50. The second-order valence-electron chi connectivity index (χ2n) is 4.26. The fourth-order valence-electron chi connectivity index (χ4n) is 1.54. The first-order chi connectivity index (χ1) is 6.54. The quantitative estimate of drug-likeness (QED) is 0.699. The Morgan fingerprint density at radius 3 is 2.14 bits per heavy atom. The monoisotopic (exact) mass is 210 g/mol. The van der Waals surface area contributed by atoms with Crippen molar-refractivity contribution >= 4 is 13.1 Å². The van der Waals surface area contributed by atoms with Crippen LogP contribution in [0, 0.1) is 0 Å². The van der Waals surface area contributed by atoms with E-state index in [2.05, 4.69) is 19.9 Å². The van der Waals surface area contributed by atoms with Gasteiger partial charge < -0.3 is 4.57 Å². The zero-order valence-electron chi connectivity index (χ0n) is 9.37. The van der Waals surface area contributed by atoms with Gasteiger partial charge in [0.1, 0.15) is 7.80 Å². The number of hydrogen-bond donors (Lipinski definition) is 0. The molecule has 0 heterocycles. The van der Waals surface area contributed by atoms with Gasteiger partial charge in [-0.3, -0.25) is 0 Å². The average molecular weight is 210 g/mol. The predicted molar refractivity (Wildman–Crippen MR) is 64.3 cm³/mol. The molecule has 2 heteroatoms. The Bertz CT molecular complexity index is 329. The fraction of sp³-hybridized carbons (Fsp3) is 0.500. The molecule has 0 N–H and O–H groups in total. The molecule has 0 spiro atoms. The van der Waals surface area contributed by atoms with Crippen molar-refractivity contribution in [2.24, 2.45) is 0 Å². The van der Waals surface area contributed by atoms with Gasteiger partial charge >= 0.3 is 0 Å². The lowest BCUT2D eigenvalue weighted by Crippen LogP contribution is -2.10. The smallest absolute Gasteiger partial charge is 0.106 e. The molecule has 78 valence electrons. The molecule has 0 amide bonds. The van der Waals surface area contributed by atoms with Crippen molar-refractivity contribution in [1.29, 1.82) is 0 Å². The van der Waals surface area contributed by atoms with Crippen molar-refractivity contribution in [3.05, 3.63) is 29.8 Å². The van der Waals surface area contributed by atoms with Crippen molar-refractivity contribution in [3.63, 3.8) is 0 Å². The molecule has 0 bridgehead atoms. The van der Waals surface area contributed by atoms with Crippen LogP contribution in [0.1, 0.15) is 39.2 Å². The minimum absolute atomic E-state index is 0.264. The van der Waals surface area contributed by atoms with Gasteiger partial charge in [-0.15, -0.1) is 0 Å². The van der Waals surface area contributed by atoms with Crippen molar-refractivity contribution < 1.29 is 4.57 Å². The Morgan fingerprint density at radius 1 is 1.07 bits per heavy atom. The zero-order chi connectivity index (χ0) is 10.7. The summed E-state index contributed by atoms with van der Waals surface area (Å²) in [6.45, 7) is 8.35. The normalized spacial score (nSPS) is 13.6. The first kappa shape index (κ1) is 11.5.